The summed E-state index contributed by atoms with van der Waals surface area (Å²) < 4.78 is 16.5. The van der Waals surface area contributed by atoms with Crippen molar-refractivity contribution in [1.82, 2.24) is 16.0 Å². The van der Waals surface area contributed by atoms with Gasteiger partial charge in [-0.1, -0.05) is 81.5 Å². The molecule has 2 aromatic rings. The predicted molar refractivity (Wildman–Crippen MR) is 176 cm³/mol. The van der Waals surface area contributed by atoms with E-state index in [0.29, 0.717) is 12.8 Å². The smallest absolute Gasteiger partial charge is 0.407 e. The number of rotatable bonds is 10. The van der Waals surface area contributed by atoms with Crippen molar-refractivity contribution in [1.29, 1.82) is 0 Å². The van der Waals surface area contributed by atoms with Gasteiger partial charge in [-0.15, -0.1) is 0 Å². The molecule has 0 saturated heterocycles. The van der Waals surface area contributed by atoms with E-state index in [-0.39, 0.29) is 70.2 Å². The molecule has 4 rings (SSSR count). The van der Waals surface area contributed by atoms with Crippen LogP contribution < -0.4 is 16.0 Å². The lowest BCUT2D eigenvalue weighted by Crippen LogP contribution is -2.50. The van der Waals surface area contributed by atoms with E-state index in [1.807, 2.05) is 69.3 Å². The van der Waals surface area contributed by atoms with Crippen LogP contribution in [0.3, 0.4) is 0 Å². The molecule has 3 amide bonds. The molecule has 2 aromatic carbocycles. The number of alkyl carbamates (subject to hydrolysis) is 1. The molecule has 0 radical (unpaired) electrons. The van der Waals surface area contributed by atoms with Crippen molar-refractivity contribution in [2.45, 2.75) is 64.5 Å². The lowest BCUT2D eigenvalue weighted by molar-refractivity contribution is -0.148. The van der Waals surface area contributed by atoms with Crippen molar-refractivity contribution < 1.29 is 38.5 Å². The molecular weight excluding hydrogens is 602 g/mol. The number of hydrogen-bond acceptors (Lipinski definition) is 8. The highest BCUT2D eigenvalue weighted by atomic mass is 16.6. The predicted octanol–water partition coefficient (Wildman–Crippen LogP) is 3.84. The molecule has 0 spiro atoms. The number of ether oxygens (including phenoxy) is 3. The summed E-state index contributed by atoms with van der Waals surface area (Å²) in [5.41, 5.74) is 3.95. The van der Waals surface area contributed by atoms with Crippen molar-refractivity contribution in [3.63, 3.8) is 0 Å². The summed E-state index contributed by atoms with van der Waals surface area (Å²) in [7, 11) is 0. The number of esters is 1. The molecule has 11 heteroatoms. The first-order valence-corrected chi connectivity index (χ1v) is 16.3. The van der Waals surface area contributed by atoms with Crippen molar-refractivity contribution in [2.24, 2.45) is 11.3 Å². The molecule has 47 heavy (non-hydrogen) atoms. The number of aliphatic hydroxyl groups is 1. The number of benzene rings is 2. The number of fused-ring (bicyclic) bond motifs is 3. The molecule has 0 unspecified atom stereocenters. The lowest BCUT2D eigenvalue weighted by Gasteiger charge is -2.32. The second-order valence-corrected chi connectivity index (χ2v) is 13.0. The minimum absolute atomic E-state index is 0.0290. The van der Waals surface area contributed by atoms with Gasteiger partial charge in [-0.2, -0.15) is 0 Å². The van der Waals surface area contributed by atoms with Gasteiger partial charge in [0.15, 0.2) is 0 Å². The van der Waals surface area contributed by atoms with Gasteiger partial charge in [0, 0.05) is 18.9 Å². The molecule has 11 nitrogen and oxygen atoms in total. The highest BCUT2D eigenvalue weighted by Crippen LogP contribution is 2.44. The van der Waals surface area contributed by atoms with Crippen LogP contribution in [0.2, 0.25) is 0 Å². The number of carbonyl (C=O) groups excluding carboxylic acids is 4. The third-order valence-corrected chi connectivity index (χ3v) is 8.49. The van der Waals surface area contributed by atoms with Crippen LogP contribution in [-0.4, -0.2) is 80.6 Å². The van der Waals surface area contributed by atoms with Gasteiger partial charge in [0.25, 0.3) is 0 Å². The van der Waals surface area contributed by atoms with Crippen LogP contribution in [0.25, 0.3) is 11.1 Å². The third-order valence-electron chi connectivity index (χ3n) is 8.49. The largest absolute Gasteiger partial charge is 0.462 e. The van der Waals surface area contributed by atoms with E-state index >= 15 is 0 Å². The fraction of sp³-hybridized carbons (Fsp3) is 0.500. The Bertz CT molecular complexity index is 1370. The second-order valence-electron chi connectivity index (χ2n) is 13.0. The number of aliphatic hydroxyl groups excluding tert-OH is 1. The van der Waals surface area contributed by atoms with E-state index in [4.69, 9.17) is 19.3 Å². The zero-order chi connectivity index (χ0) is 33.8. The van der Waals surface area contributed by atoms with Crippen LogP contribution in [0, 0.1) is 11.3 Å². The van der Waals surface area contributed by atoms with Crippen LogP contribution in [0.5, 0.6) is 0 Å². The fourth-order valence-corrected chi connectivity index (χ4v) is 5.74. The second kappa shape index (κ2) is 17.1. The topological polar surface area (TPSA) is 152 Å². The molecule has 4 N–H and O–H groups in total. The first kappa shape index (κ1) is 35.6. The Morgan fingerprint density at radius 3 is 2.34 bits per heavy atom. The van der Waals surface area contributed by atoms with Crippen LogP contribution in [0.4, 0.5) is 4.79 Å². The van der Waals surface area contributed by atoms with E-state index < -0.39 is 35.5 Å². The van der Waals surface area contributed by atoms with Crippen LogP contribution in [0.15, 0.2) is 60.7 Å². The van der Waals surface area contributed by atoms with E-state index in [9.17, 15) is 19.2 Å². The molecule has 1 aliphatic heterocycles. The molecule has 3 atom stereocenters. The van der Waals surface area contributed by atoms with Gasteiger partial charge in [0.1, 0.15) is 19.3 Å². The fourth-order valence-electron chi connectivity index (χ4n) is 5.74. The number of carbonyl (C=O) groups is 4. The Kier molecular flexibility index (Phi) is 12.9. The molecule has 254 valence electrons. The van der Waals surface area contributed by atoms with Gasteiger partial charge < -0.3 is 35.3 Å². The first-order chi connectivity index (χ1) is 22.6. The van der Waals surface area contributed by atoms with Gasteiger partial charge in [-0.25, -0.2) is 9.59 Å². The van der Waals surface area contributed by atoms with Gasteiger partial charge in [-0.05, 0) is 46.9 Å². The molecule has 1 aliphatic carbocycles. The summed E-state index contributed by atoms with van der Waals surface area (Å²) in [5, 5.41) is 17.2. The summed E-state index contributed by atoms with van der Waals surface area (Å²) in [6.45, 7) is 6.38. The molecule has 0 aromatic heterocycles. The van der Waals surface area contributed by atoms with E-state index in [1.54, 1.807) is 0 Å². The van der Waals surface area contributed by atoms with Crippen molar-refractivity contribution in [3.8, 4) is 11.1 Å². The maximum Gasteiger partial charge on any atom is 0.407 e. The standard InChI is InChI=1S/C36H47N3O8/c1-36(2,3)31-23-46-34(43)30(16-6-4-5-11-24(33(42)39-31)21-32(41)37-17-19-45-20-18-40)38-35(44)47-22-29-27-14-9-7-12-25(27)26-13-8-10-15-28(26)29/h4-5,7-10,12-15,24,29-31,40H,6,11,16-23H2,1-3H3,(H,37,41)(H,38,44)(H,39,42)/t24-,30+,31-/m1/s1. The Morgan fingerprint density at radius 2 is 1.68 bits per heavy atom. The van der Waals surface area contributed by atoms with Crippen LogP contribution in [-0.2, 0) is 28.6 Å². The minimum Gasteiger partial charge on any atom is -0.462 e. The average Bonchev–Trinajstić information content (AvgIpc) is 3.37. The first-order valence-electron chi connectivity index (χ1n) is 16.3. The summed E-state index contributed by atoms with van der Waals surface area (Å²) in [6, 6.07) is 14.6. The summed E-state index contributed by atoms with van der Waals surface area (Å²) in [4.78, 5) is 52.3. The number of allylic oxidation sites excluding steroid dienone is 2. The minimum atomic E-state index is -0.956. The van der Waals surface area contributed by atoms with Crippen molar-refractivity contribution in [2.75, 3.05) is 39.6 Å². The molecule has 0 bridgehead atoms. The highest BCUT2D eigenvalue weighted by molar-refractivity contribution is 5.86. The summed E-state index contributed by atoms with van der Waals surface area (Å²) in [5.74, 6) is -1.98. The van der Waals surface area contributed by atoms with Gasteiger partial charge in [0.2, 0.25) is 11.8 Å². The maximum absolute atomic E-state index is 13.4. The Labute approximate surface area is 276 Å². The average molecular weight is 650 g/mol. The Morgan fingerprint density at radius 1 is 1.00 bits per heavy atom. The Balaban J connectivity index is 1.39. The van der Waals surface area contributed by atoms with E-state index in [2.05, 4.69) is 28.1 Å². The van der Waals surface area contributed by atoms with E-state index in [0.717, 1.165) is 22.3 Å². The molecule has 1 heterocycles. The third kappa shape index (κ3) is 10.1. The van der Waals surface area contributed by atoms with Crippen LogP contribution in [0.1, 0.15) is 63.5 Å². The van der Waals surface area contributed by atoms with Crippen molar-refractivity contribution >= 4 is 23.9 Å². The molecule has 0 fully saturated rings. The lowest BCUT2D eigenvalue weighted by atomic mass is 9.86. The van der Waals surface area contributed by atoms with Gasteiger partial charge >= 0.3 is 12.1 Å². The van der Waals surface area contributed by atoms with Crippen LogP contribution >= 0.6 is 0 Å². The normalized spacial score (nSPS) is 20.4. The SMILES string of the molecule is CC(C)(C)[C@H]1COC(=O)[C@@H](NC(=O)OCC2c3ccccc3-c3ccccc32)CCC=CC[C@H](CC(=O)NCCOCCO)C(=O)N1. The maximum atomic E-state index is 13.4. The number of amides is 3. The zero-order valence-corrected chi connectivity index (χ0v) is 27.5. The summed E-state index contributed by atoms with van der Waals surface area (Å²) in [6.07, 6.45) is 3.92. The molecule has 0 saturated carbocycles. The van der Waals surface area contributed by atoms with Gasteiger partial charge in [0.05, 0.1) is 31.8 Å². The quantitative estimate of drug-likeness (QED) is 0.172. The Hall–Kier alpha value is -4.22. The summed E-state index contributed by atoms with van der Waals surface area (Å²) >= 11 is 0. The number of cyclic esters (lactones) is 1. The van der Waals surface area contributed by atoms with Gasteiger partial charge in [-0.3, -0.25) is 9.59 Å². The van der Waals surface area contributed by atoms with E-state index in [1.165, 1.54) is 0 Å². The zero-order valence-electron chi connectivity index (χ0n) is 27.5. The number of nitrogens with one attached hydrogen (secondary N) is 3. The monoisotopic (exact) mass is 649 g/mol. The number of hydrogen-bond donors (Lipinski definition) is 4. The highest BCUT2D eigenvalue weighted by Gasteiger charge is 2.33. The molecule has 2 aliphatic rings. The molecular formula is C36H47N3O8. The van der Waals surface area contributed by atoms with Crippen molar-refractivity contribution in [3.05, 3.63) is 71.8 Å².